The van der Waals surface area contributed by atoms with Gasteiger partial charge in [-0.1, -0.05) is 0 Å². The number of aromatic nitrogens is 4. The quantitative estimate of drug-likeness (QED) is 0.233. The lowest BCUT2D eigenvalue weighted by Gasteiger charge is -2.41. The van der Waals surface area contributed by atoms with Gasteiger partial charge in [0.1, 0.15) is 16.3 Å². The molecule has 1 saturated heterocycles. The molecule has 11 nitrogen and oxygen atoms in total. The van der Waals surface area contributed by atoms with Gasteiger partial charge in [-0.15, -0.1) is 11.3 Å². The molecule has 0 spiro atoms. The zero-order valence-corrected chi connectivity index (χ0v) is 25.8. The standard InChI is InChI=1S/C31H38N8O3S/c1-30(2,3)42-29(40)38-31(4)12-14-39(15-13-31)20-10-8-19(9-11-20)35-28-34-16-21(24-17-33-18-41-24)25(37-28)27-36-23-7-5-6-22(32)26(23)43-27/h8-11,16-18,22H,5-7,12-15,32H2,1-4H3,(H,38,40)(H,34,35,37). The maximum atomic E-state index is 12.3. The van der Waals surface area contributed by atoms with E-state index in [1.165, 1.54) is 6.39 Å². The fraction of sp³-hybridized carbons (Fsp3) is 0.452. The minimum absolute atomic E-state index is 0.0107. The molecule has 12 heteroatoms. The van der Waals surface area contributed by atoms with Gasteiger partial charge in [-0.05, 0) is 84.1 Å². The molecule has 1 aromatic carbocycles. The molecule has 1 aliphatic carbocycles. The lowest BCUT2D eigenvalue weighted by molar-refractivity contribution is 0.0448. The highest BCUT2D eigenvalue weighted by Crippen LogP contribution is 2.39. The van der Waals surface area contributed by atoms with Gasteiger partial charge in [-0.2, -0.15) is 0 Å². The Kier molecular flexibility index (Phi) is 7.82. The molecule has 2 aliphatic rings. The number of amides is 1. The third-order valence-corrected chi connectivity index (χ3v) is 9.08. The number of nitrogens with zero attached hydrogens (tertiary/aromatic N) is 5. The van der Waals surface area contributed by atoms with Crippen LogP contribution in [0.2, 0.25) is 0 Å². The molecule has 0 saturated carbocycles. The van der Waals surface area contributed by atoms with E-state index in [4.69, 9.17) is 24.9 Å². The second-order valence-corrected chi connectivity index (χ2v) is 13.5. The van der Waals surface area contributed by atoms with E-state index in [2.05, 4.69) is 44.6 Å². The van der Waals surface area contributed by atoms with Crippen LogP contribution in [0.1, 0.15) is 70.0 Å². The van der Waals surface area contributed by atoms with Gasteiger partial charge in [0.2, 0.25) is 5.95 Å². The van der Waals surface area contributed by atoms with Gasteiger partial charge in [0.15, 0.2) is 12.2 Å². The summed E-state index contributed by atoms with van der Waals surface area (Å²) in [5, 5.41) is 7.22. The molecule has 226 valence electrons. The Balaban J connectivity index is 1.15. The molecule has 1 aliphatic heterocycles. The number of benzene rings is 1. The molecule has 1 atom stereocenters. The molecule has 1 unspecified atom stereocenters. The highest BCUT2D eigenvalue weighted by molar-refractivity contribution is 7.15. The van der Waals surface area contributed by atoms with Gasteiger partial charge in [0, 0.05) is 47.1 Å². The summed E-state index contributed by atoms with van der Waals surface area (Å²) < 4.78 is 11.1. The average Bonchev–Trinajstić information content (AvgIpc) is 3.64. The molecule has 4 aromatic rings. The van der Waals surface area contributed by atoms with Crippen molar-refractivity contribution >= 4 is 34.8 Å². The Morgan fingerprint density at radius 3 is 2.60 bits per heavy atom. The maximum Gasteiger partial charge on any atom is 0.408 e. The first kappa shape index (κ1) is 29.1. The van der Waals surface area contributed by atoms with Crippen LogP contribution >= 0.6 is 11.3 Å². The summed E-state index contributed by atoms with van der Waals surface area (Å²) in [4.78, 5) is 34.2. The predicted molar refractivity (Wildman–Crippen MR) is 167 cm³/mol. The molecular formula is C31H38N8O3S. The van der Waals surface area contributed by atoms with Crippen LogP contribution < -0.4 is 21.3 Å². The predicted octanol–water partition coefficient (Wildman–Crippen LogP) is 6.22. The molecule has 3 aromatic heterocycles. The Bertz CT molecular complexity index is 1570. The van der Waals surface area contributed by atoms with Crippen LogP contribution in [0.3, 0.4) is 0 Å². The first-order valence-electron chi connectivity index (χ1n) is 14.7. The van der Waals surface area contributed by atoms with Crippen LogP contribution in [0.25, 0.3) is 22.0 Å². The number of ether oxygens (including phenoxy) is 1. The number of carbonyl (C=O) groups is 1. The second-order valence-electron chi connectivity index (χ2n) is 12.5. The van der Waals surface area contributed by atoms with Crippen molar-refractivity contribution in [3.63, 3.8) is 0 Å². The first-order chi connectivity index (χ1) is 20.6. The van der Waals surface area contributed by atoms with E-state index in [9.17, 15) is 4.79 Å². The van der Waals surface area contributed by atoms with E-state index in [0.717, 1.165) is 77.7 Å². The number of hydrogen-bond donors (Lipinski definition) is 3. The average molecular weight is 603 g/mol. The second kappa shape index (κ2) is 11.6. The van der Waals surface area contributed by atoms with E-state index >= 15 is 0 Å². The SMILES string of the molecule is CC1(NC(=O)OC(C)(C)C)CCN(c2ccc(Nc3ncc(-c4cnco4)c(-c4nc5c(s4)C(N)CCC5)n3)cc2)CC1. The summed E-state index contributed by atoms with van der Waals surface area (Å²) in [7, 11) is 0. The maximum absolute atomic E-state index is 12.3. The number of fused-ring (bicyclic) bond motifs is 1. The van der Waals surface area contributed by atoms with Crippen molar-refractivity contribution in [2.75, 3.05) is 23.3 Å². The normalized spacial score (nSPS) is 18.2. The third kappa shape index (κ3) is 6.65. The Morgan fingerprint density at radius 2 is 1.93 bits per heavy atom. The van der Waals surface area contributed by atoms with Crippen molar-refractivity contribution in [2.24, 2.45) is 5.73 Å². The number of rotatable bonds is 6. The minimum Gasteiger partial charge on any atom is -0.444 e. The monoisotopic (exact) mass is 602 g/mol. The topological polar surface area (TPSA) is 144 Å². The Labute approximate surface area is 255 Å². The fourth-order valence-electron chi connectivity index (χ4n) is 5.51. The van der Waals surface area contributed by atoms with Gasteiger partial charge in [0.25, 0.3) is 0 Å². The lowest BCUT2D eigenvalue weighted by atomic mass is 9.89. The molecule has 6 rings (SSSR count). The largest absolute Gasteiger partial charge is 0.444 e. The van der Waals surface area contributed by atoms with Crippen molar-refractivity contribution in [3.8, 4) is 22.0 Å². The highest BCUT2D eigenvalue weighted by Gasteiger charge is 2.33. The summed E-state index contributed by atoms with van der Waals surface area (Å²) in [6, 6.07) is 8.24. The molecule has 1 amide bonds. The number of piperidine rings is 1. The number of thiazole rings is 1. The molecule has 0 radical (unpaired) electrons. The van der Waals surface area contributed by atoms with E-state index in [0.29, 0.717) is 17.4 Å². The van der Waals surface area contributed by atoms with E-state index < -0.39 is 5.60 Å². The van der Waals surface area contributed by atoms with Crippen LogP contribution in [0.15, 0.2) is 47.5 Å². The van der Waals surface area contributed by atoms with Crippen molar-refractivity contribution in [2.45, 2.75) is 77.0 Å². The van der Waals surface area contributed by atoms with Crippen LogP contribution in [0, 0.1) is 0 Å². The van der Waals surface area contributed by atoms with Crippen molar-refractivity contribution in [1.29, 1.82) is 0 Å². The minimum atomic E-state index is -0.517. The summed E-state index contributed by atoms with van der Waals surface area (Å²) in [6.07, 6.45) is 9.02. The van der Waals surface area contributed by atoms with Crippen molar-refractivity contribution < 1.29 is 13.9 Å². The van der Waals surface area contributed by atoms with Gasteiger partial charge in [-0.3, -0.25) is 0 Å². The molecule has 43 heavy (non-hydrogen) atoms. The number of oxazole rings is 1. The molecule has 1 fully saturated rings. The fourth-order valence-corrected chi connectivity index (χ4v) is 6.66. The number of aryl methyl sites for hydroxylation is 1. The van der Waals surface area contributed by atoms with Gasteiger partial charge in [-0.25, -0.2) is 24.7 Å². The summed E-state index contributed by atoms with van der Waals surface area (Å²) >= 11 is 1.59. The Hall–Kier alpha value is -4.03. The van der Waals surface area contributed by atoms with E-state index in [-0.39, 0.29) is 17.7 Å². The number of nitrogens with one attached hydrogen (secondary N) is 2. The number of alkyl carbamates (subject to hydrolysis) is 1. The smallest absolute Gasteiger partial charge is 0.408 e. The third-order valence-electron chi connectivity index (χ3n) is 7.84. The number of anilines is 3. The van der Waals surface area contributed by atoms with Crippen molar-refractivity contribution in [1.82, 2.24) is 25.3 Å². The Morgan fingerprint density at radius 1 is 1.16 bits per heavy atom. The summed E-state index contributed by atoms with van der Waals surface area (Å²) in [5.41, 5.74) is 10.1. The van der Waals surface area contributed by atoms with Gasteiger partial charge in [0.05, 0.1) is 17.5 Å². The van der Waals surface area contributed by atoms with Crippen LogP contribution in [0.4, 0.5) is 22.1 Å². The number of carbonyl (C=O) groups excluding carboxylic acids is 1. The zero-order chi connectivity index (χ0) is 30.2. The van der Waals surface area contributed by atoms with E-state index in [1.54, 1.807) is 23.7 Å². The van der Waals surface area contributed by atoms with Gasteiger partial charge >= 0.3 is 6.09 Å². The first-order valence-corrected chi connectivity index (χ1v) is 15.5. The summed E-state index contributed by atoms with van der Waals surface area (Å²) in [6.45, 7) is 9.36. The number of nitrogens with two attached hydrogens (primary N) is 1. The van der Waals surface area contributed by atoms with Crippen LogP contribution in [-0.4, -0.2) is 50.3 Å². The number of hydrogen-bond acceptors (Lipinski definition) is 11. The van der Waals surface area contributed by atoms with E-state index in [1.807, 2.05) is 32.9 Å². The molecular weight excluding hydrogens is 564 g/mol. The van der Waals surface area contributed by atoms with Gasteiger partial charge < -0.3 is 30.4 Å². The molecule has 4 heterocycles. The zero-order valence-electron chi connectivity index (χ0n) is 25.0. The molecule has 4 N–H and O–H groups in total. The summed E-state index contributed by atoms with van der Waals surface area (Å²) in [5.74, 6) is 1.05. The van der Waals surface area contributed by atoms with Crippen LogP contribution in [-0.2, 0) is 11.2 Å². The highest BCUT2D eigenvalue weighted by atomic mass is 32.1. The van der Waals surface area contributed by atoms with Crippen LogP contribution in [0.5, 0.6) is 0 Å². The van der Waals surface area contributed by atoms with Crippen molar-refractivity contribution in [3.05, 3.63) is 53.6 Å². The molecule has 0 bridgehead atoms. The lowest BCUT2D eigenvalue weighted by Crippen LogP contribution is -2.54.